The maximum absolute atomic E-state index is 13.7. The molecule has 0 fully saturated rings. The Morgan fingerprint density at radius 3 is 2.14 bits per heavy atom. The number of halogens is 2. The summed E-state index contributed by atoms with van der Waals surface area (Å²) in [6.45, 7) is 2.03. The predicted octanol–water partition coefficient (Wildman–Crippen LogP) is 4.43. The molecule has 0 saturated heterocycles. The largest absolute Gasteiger partial charge is 0.321 e. The van der Waals surface area contributed by atoms with Crippen molar-refractivity contribution in [3.63, 3.8) is 0 Å². The minimum Gasteiger partial charge on any atom is -0.321 e. The molecule has 2 amide bonds. The maximum atomic E-state index is 13.7. The molecule has 0 atom stereocenters. The summed E-state index contributed by atoms with van der Waals surface area (Å²) >= 11 is 0. The Hall–Kier alpha value is -3.61. The first-order valence-electron chi connectivity index (χ1n) is 8.60. The van der Waals surface area contributed by atoms with Gasteiger partial charge in [0.1, 0.15) is 23.0 Å². The van der Waals surface area contributed by atoms with Crippen molar-refractivity contribution in [2.75, 3.05) is 10.6 Å². The lowest BCUT2D eigenvalue weighted by molar-refractivity contribution is 0.101. The number of carbonyl (C=O) groups is 2. The number of rotatable bonds is 5. The van der Waals surface area contributed by atoms with Crippen molar-refractivity contribution in [2.24, 2.45) is 0 Å². The summed E-state index contributed by atoms with van der Waals surface area (Å²) in [5.41, 5.74) is 1.53. The van der Waals surface area contributed by atoms with Gasteiger partial charge in [-0.3, -0.25) is 9.59 Å². The minimum absolute atomic E-state index is 0.0341. The van der Waals surface area contributed by atoms with E-state index < -0.39 is 23.4 Å². The zero-order valence-corrected chi connectivity index (χ0v) is 15.0. The minimum atomic E-state index is -0.905. The third-order valence-electron chi connectivity index (χ3n) is 4.01. The average Bonchev–Trinajstić information content (AvgIpc) is 2.70. The van der Waals surface area contributed by atoms with E-state index in [9.17, 15) is 18.4 Å². The molecule has 0 spiro atoms. The molecule has 0 aliphatic carbocycles. The summed E-state index contributed by atoms with van der Waals surface area (Å²) in [6, 6.07) is 14.5. The van der Waals surface area contributed by atoms with E-state index in [0.717, 1.165) is 24.1 Å². The number of anilines is 2. The highest BCUT2D eigenvalue weighted by Gasteiger charge is 2.14. The van der Waals surface area contributed by atoms with E-state index in [1.165, 1.54) is 18.2 Å². The number of hydrogen-bond acceptors (Lipinski definition) is 3. The quantitative estimate of drug-likeness (QED) is 0.687. The van der Waals surface area contributed by atoms with Gasteiger partial charge in [-0.1, -0.05) is 25.1 Å². The number of carbonyl (C=O) groups excluding carboxylic acids is 2. The van der Waals surface area contributed by atoms with E-state index in [-0.39, 0.29) is 17.1 Å². The fourth-order valence-electron chi connectivity index (χ4n) is 2.48. The Balaban J connectivity index is 1.73. The monoisotopic (exact) mass is 381 g/mol. The lowest BCUT2D eigenvalue weighted by Gasteiger charge is -2.08. The molecule has 0 unspecified atom stereocenters. The van der Waals surface area contributed by atoms with Crippen LogP contribution in [0.15, 0.2) is 60.7 Å². The molecule has 7 heteroatoms. The molecule has 0 saturated carbocycles. The van der Waals surface area contributed by atoms with Gasteiger partial charge in [-0.25, -0.2) is 13.8 Å². The number of pyridine rings is 1. The van der Waals surface area contributed by atoms with E-state index in [4.69, 9.17) is 0 Å². The summed E-state index contributed by atoms with van der Waals surface area (Å²) in [6.07, 6.45) is 0.890. The molecule has 28 heavy (non-hydrogen) atoms. The molecule has 3 rings (SSSR count). The van der Waals surface area contributed by atoms with E-state index in [0.29, 0.717) is 11.8 Å². The summed E-state index contributed by atoms with van der Waals surface area (Å²) in [7, 11) is 0. The second kappa shape index (κ2) is 8.39. The number of amides is 2. The van der Waals surface area contributed by atoms with Gasteiger partial charge >= 0.3 is 0 Å². The molecular weight excluding hydrogens is 364 g/mol. The van der Waals surface area contributed by atoms with Crippen molar-refractivity contribution in [2.45, 2.75) is 13.3 Å². The molecule has 0 bridgehead atoms. The third-order valence-corrected chi connectivity index (χ3v) is 4.01. The Kier molecular flexibility index (Phi) is 5.74. The van der Waals surface area contributed by atoms with Crippen molar-refractivity contribution in [3.8, 4) is 0 Å². The Bertz CT molecular complexity index is 1020. The lowest BCUT2D eigenvalue weighted by Crippen LogP contribution is -2.19. The summed E-state index contributed by atoms with van der Waals surface area (Å²) in [5, 5.41) is 5.01. The topological polar surface area (TPSA) is 71.1 Å². The number of nitrogens with one attached hydrogen (secondary N) is 2. The fourth-order valence-corrected chi connectivity index (χ4v) is 2.48. The molecule has 2 N–H and O–H groups in total. The number of aryl methyl sites for hydroxylation is 1. The SMILES string of the molecule is CCc1ccc(NC(=O)c2cccc(C(=O)Nc3ccc(F)cc3F)n2)cc1. The van der Waals surface area contributed by atoms with Crippen molar-refractivity contribution in [1.29, 1.82) is 0 Å². The summed E-state index contributed by atoms with van der Waals surface area (Å²) in [5.74, 6) is -2.85. The first-order valence-corrected chi connectivity index (χ1v) is 8.60. The molecular formula is C21H17F2N3O2. The maximum Gasteiger partial charge on any atom is 0.274 e. The smallest absolute Gasteiger partial charge is 0.274 e. The number of benzene rings is 2. The van der Waals surface area contributed by atoms with Gasteiger partial charge in [-0.15, -0.1) is 0 Å². The van der Waals surface area contributed by atoms with Gasteiger partial charge in [0.25, 0.3) is 11.8 Å². The molecule has 3 aromatic rings. The van der Waals surface area contributed by atoms with Crippen molar-refractivity contribution in [1.82, 2.24) is 4.98 Å². The zero-order valence-electron chi connectivity index (χ0n) is 15.0. The van der Waals surface area contributed by atoms with Gasteiger partial charge in [-0.05, 0) is 48.4 Å². The van der Waals surface area contributed by atoms with Crippen LogP contribution in [0.25, 0.3) is 0 Å². The van der Waals surface area contributed by atoms with Crippen LogP contribution in [0.4, 0.5) is 20.2 Å². The normalized spacial score (nSPS) is 10.4. The highest BCUT2D eigenvalue weighted by atomic mass is 19.1. The second-order valence-electron chi connectivity index (χ2n) is 5.99. The fraction of sp³-hybridized carbons (Fsp3) is 0.0952. The van der Waals surface area contributed by atoms with Crippen molar-refractivity contribution in [3.05, 3.63) is 89.2 Å². The van der Waals surface area contributed by atoms with Crippen LogP contribution in [0, 0.1) is 11.6 Å². The Labute approximate surface area is 160 Å². The van der Waals surface area contributed by atoms with Gasteiger partial charge in [0.15, 0.2) is 0 Å². The highest BCUT2D eigenvalue weighted by Crippen LogP contribution is 2.16. The number of hydrogen-bond donors (Lipinski definition) is 2. The number of aromatic nitrogens is 1. The van der Waals surface area contributed by atoms with Gasteiger partial charge < -0.3 is 10.6 Å². The summed E-state index contributed by atoms with van der Waals surface area (Å²) in [4.78, 5) is 28.7. The standard InChI is InChI=1S/C21H17F2N3O2/c1-2-13-6-9-15(10-7-13)24-20(27)18-4-3-5-19(25-18)21(28)26-17-11-8-14(22)12-16(17)23/h3-12H,2H2,1H3,(H,24,27)(H,26,28). The number of nitrogens with zero attached hydrogens (tertiary/aromatic N) is 1. The van der Waals surface area contributed by atoms with Crippen LogP contribution in [0.3, 0.4) is 0 Å². The second-order valence-corrected chi connectivity index (χ2v) is 5.99. The van der Waals surface area contributed by atoms with E-state index >= 15 is 0 Å². The molecule has 1 heterocycles. The first-order chi connectivity index (χ1) is 13.5. The molecule has 142 valence electrons. The Morgan fingerprint density at radius 1 is 0.893 bits per heavy atom. The zero-order chi connectivity index (χ0) is 20.1. The van der Waals surface area contributed by atoms with E-state index in [1.54, 1.807) is 12.1 Å². The van der Waals surface area contributed by atoms with E-state index in [1.807, 2.05) is 19.1 Å². The molecule has 0 aliphatic heterocycles. The first kappa shape index (κ1) is 19.2. The predicted molar refractivity (Wildman–Crippen MR) is 102 cm³/mol. The van der Waals surface area contributed by atoms with Crippen LogP contribution in [0.1, 0.15) is 33.5 Å². The van der Waals surface area contributed by atoms with Gasteiger partial charge in [0, 0.05) is 11.8 Å². The lowest BCUT2D eigenvalue weighted by atomic mass is 10.1. The molecule has 1 aromatic heterocycles. The van der Waals surface area contributed by atoms with Crippen LogP contribution in [-0.2, 0) is 6.42 Å². The summed E-state index contributed by atoms with van der Waals surface area (Å²) < 4.78 is 26.7. The van der Waals surface area contributed by atoms with Crippen molar-refractivity contribution >= 4 is 23.2 Å². The molecule has 5 nitrogen and oxygen atoms in total. The van der Waals surface area contributed by atoms with Crippen molar-refractivity contribution < 1.29 is 18.4 Å². The van der Waals surface area contributed by atoms with Crippen LogP contribution in [0.5, 0.6) is 0 Å². The molecule has 0 radical (unpaired) electrons. The van der Waals surface area contributed by atoms with Gasteiger partial charge in [0.2, 0.25) is 0 Å². The Morgan fingerprint density at radius 2 is 1.54 bits per heavy atom. The van der Waals surface area contributed by atoms with Crippen LogP contribution >= 0.6 is 0 Å². The average molecular weight is 381 g/mol. The molecule has 0 aliphatic rings. The molecule has 2 aromatic carbocycles. The highest BCUT2D eigenvalue weighted by molar-refractivity contribution is 6.06. The van der Waals surface area contributed by atoms with Crippen LogP contribution in [0.2, 0.25) is 0 Å². The van der Waals surface area contributed by atoms with Gasteiger partial charge in [-0.2, -0.15) is 0 Å². The van der Waals surface area contributed by atoms with Crippen LogP contribution < -0.4 is 10.6 Å². The van der Waals surface area contributed by atoms with Crippen LogP contribution in [-0.4, -0.2) is 16.8 Å². The van der Waals surface area contributed by atoms with E-state index in [2.05, 4.69) is 15.6 Å². The third kappa shape index (κ3) is 4.56. The van der Waals surface area contributed by atoms with Gasteiger partial charge in [0.05, 0.1) is 5.69 Å².